The molecule has 0 fully saturated rings. The van der Waals surface area contributed by atoms with Gasteiger partial charge >= 0.3 is 5.97 Å². The van der Waals surface area contributed by atoms with Gasteiger partial charge in [-0.05, 0) is 18.2 Å². The molecule has 1 aliphatic rings. The van der Waals surface area contributed by atoms with Crippen molar-refractivity contribution in [1.82, 2.24) is 0 Å². The number of carbonyl (C=O) groups excluding carboxylic acids is 2. The summed E-state index contributed by atoms with van der Waals surface area (Å²) < 4.78 is 5.54. The van der Waals surface area contributed by atoms with Crippen LogP contribution >= 0.6 is 15.9 Å². The zero-order chi connectivity index (χ0) is 13.1. The SMILES string of the molecule is COC(=O)CCN1CC(=O)Nc2ccc(Br)cc21. The van der Waals surface area contributed by atoms with Crippen molar-refractivity contribution in [3.8, 4) is 0 Å². The molecule has 2 rings (SSSR count). The average Bonchev–Trinajstić information content (AvgIpc) is 2.36. The second-order valence-electron chi connectivity index (χ2n) is 3.96. The van der Waals surface area contributed by atoms with Gasteiger partial charge in [0.25, 0.3) is 0 Å². The molecular formula is C12H13BrN2O3. The van der Waals surface area contributed by atoms with Gasteiger partial charge in [0, 0.05) is 11.0 Å². The van der Waals surface area contributed by atoms with Crippen molar-refractivity contribution in [3.05, 3.63) is 22.7 Å². The van der Waals surface area contributed by atoms with Crippen molar-refractivity contribution in [2.24, 2.45) is 0 Å². The molecule has 0 aromatic heterocycles. The highest BCUT2D eigenvalue weighted by molar-refractivity contribution is 9.10. The molecule has 0 saturated heterocycles. The summed E-state index contributed by atoms with van der Waals surface area (Å²) in [5, 5.41) is 2.80. The second-order valence-corrected chi connectivity index (χ2v) is 4.87. The molecule has 0 saturated carbocycles. The number of benzene rings is 1. The van der Waals surface area contributed by atoms with E-state index in [1.165, 1.54) is 7.11 Å². The van der Waals surface area contributed by atoms with Gasteiger partial charge in [-0.2, -0.15) is 0 Å². The number of fused-ring (bicyclic) bond motifs is 1. The lowest BCUT2D eigenvalue weighted by atomic mass is 10.2. The van der Waals surface area contributed by atoms with Gasteiger partial charge in [0.05, 0.1) is 31.5 Å². The fourth-order valence-corrected chi connectivity index (χ4v) is 2.20. The monoisotopic (exact) mass is 312 g/mol. The number of carbonyl (C=O) groups is 2. The Kier molecular flexibility index (Phi) is 3.86. The summed E-state index contributed by atoms with van der Waals surface area (Å²) in [6.45, 7) is 0.712. The van der Waals surface area contributed by atoms with Crippen molar-refractivity contribution < 1.29 is 14.3 Å². The van der Waals surface area contributed by atoms with Crippen LogP contribution in [0.3, 0.4) is 0 Å². The zero-order valence-corrected chi connectivity index (χ0v) is 11.5. The molecule has 0 aliphatic carbocycles. The van der Waals surface area contributed by atoms with Gasteiger partial charge in [0.1, 0.15) is 0 Å². The number of hydrogen-bond donors (Lipinski definition) is 1. The number of nitrogens with one attached hydrogen (secondary N) is 1. The van der Waals surface area contributed by atoms with Gasteiger partial charge in [-0.25, -0.2) is 0 Å². The molecule has 0 unspecified atom stereocenters. The molecular weight excluding hydrogens is 300 g/mol. The number of amides is 1. The molecule has 0 spiro atoms. The van der Waals surface area contributed by atoms with Crippen molar-refractivity contribution >= 4 is 39.2 Å². The Labute approximate surface area is 113 Å². The molecule has 1 aromatic carbocycles. The first-order valence-electron chi connectivity index (χ1n) is 5.51. The number of esters is 1. The van der Waals surface area contributed by atoms with Gasteiger partial charge in [-0.15, -0.1) is 0 Å². The number of nitrogens with zero attached hydrogens (tertiary/aromatic N) is 1. The number of hydrogen-bond acceptors (Lipinski definition) is 4. The fraction of sp³-hybridized carbons (Fsp3) is 0.333. The summed E-state index contributed by atoms with van der Waals surface area (Å²) >= 11 is 3.40. The van der Waals surface area contributed by atoms with Crippen LogP contribution in [0.4, 0.5) is 11.4 Å². The molecule has 1 amide bonds. The van der Waals surface area contributed by atoms with E-state index in [1.807, 2.05) is 23.1 Å². The van der Waals surface area contributed by atoms with E-state index in [1.54, 1.807) is 0 Å². The molecule has 1 heterocycles. The molecule has 0 radical (unpaired) electrons. The summed E-state index contributed by atoms with van der Waals surface area (Å²) in [6.07, 6.45) is 0.260. The van der Waals surface area contributed by atoms with E-state index in [4.69, 9.17) is 0 Å². The second kappa shape index (κ2) is 5.39. The Hall–Kier alpha value is -1.56. The molecule has 18 heavy (non-hydrogen) atoms. The Balaban J connectivity index is 2.19. The van der Waals surface area contributed by atoms with E-state index in [0.717, 1.165) is 15.8 Å². The molecule has 0 bridgehead atoms. The normalized spacial score (nSPS) is 13.9. The first-order chi connectivity index (χ1) is 8.60. The first kappa shape index (κ1) is 12.9. The van der Waals surface area contributed by atoms with Crippen LogP contribution in [0.2, 0.25) is 0 Å². The Morgan fingerprint density at radius 1 is 1.56 bits per heavy atom. The lowest BCUT2D eigenvalue weighted by Gasteiger charge is -2.30. The van der Waals surface area contributed by atoms with Crippen molar-refractivity contribution in [2.45, 2.75) is 6.42 Å². The van der Waals surface area contributed by atoms with E-state index < -0.39 is 0 Å². The van der Waals surface area contributed by atoms with Gasteiger partial charge in [0.15, 0.2) is 0 Å². The highest BCUT2D eigenvalue weighted by Crippen LogP contribution is 2.32. The van der Waals surface area contributed by atoms with Crippen molar-refractivity contribution in [2.75, 3.05) is 30.4 Å². The number of rotatable bonds is 3. The lowest BCUT2D eigenvalue weighted by molar-refractivity contribution is -0.140. The third kappa shape index (κ3) is 2.81. The third-order valence-corrected chi connectivity index (χ3v) is 3.22. The van der Waals surface area contributed by atoms with Crippen molar-refractivity contribution in [3.63, 3.8) is 0 Å². The third-order valence-electron chi connectivity index (χ3n) is 2.72. The molecule has 1 aliphatic heterocycles. The maximum absolute atomic E-state index is 11.6. The summed E-state index contributed by atoms with van der Waals surface area (Å²) in [6, 6.07) is 5.62. The van der Waals surface area contributed by atoms with Crippen LogP contribution in [0, 0.1) is 0 Å². The minimum atomic E-state index is -0.280. The minimum Gasteiger partial charge on any atom is -0.469 e. The molecule has 1 aromatic rings. The quantitative estimate of drug-likeness (QED) is 0.864. The Morgan fingerprint density at radius 2 is 2.33 bits per heavy atom. The minimum absolute atomic E-state index is 0.0744. The average molecular weight is 313 g/mol. The van der Waals surface area contributed by atoms with E-state index in [9.17, 15) is 9.59 Å². The van der Waals surface area contributed by atoms with Crippen LogP contribution in [0.25, 0.3) is 0 Å². The van der Waals surface area contributed by atoms with Crippen LogP contribution in [-0.2, 0) is 14.3 Å². The van der Waals surface area contributed by atoms with Gasteiger partial charge < -0.3 is 15.0 Å². The van der Waals surface area contributed by atoms with E-state index in [0.29, 0.717) is 6.54 Å². The molecule has 1 N–H and O–H groups in total. The highest BCUT2D eigenvalue weighted by atomic mass is 79.9. The molecule has 0 atom stereocenters. The topological polar surface area (TPSA) is 58.6 Å². The number of anilines is 2. The first-order valence-corrected chi connectivity index (χ1v) is 6.30. The molecule has 96 valence electrons. The predicted octanol–water partition coefficient (Wildman–Crippen LogP) is 1.77. The predicted molar refractivity (Wildman–Crippen MR) is 71.6 cm³/mol. The summed E-state index contributed by atoms with van der Waals surface area (Å²) in [4.78, 5) is 24.6. The van der Waals surface area contributed by atoms with E-state index in [2.05, 4.69) is 26.0 Å². The fourth-order valence-electron chi connectivity index (χ4n) is 1.85. The largest absolute Gasteiger partial charge is 0.469 e. The standard InChI is InChI=1S/C12H13BrN2O3/c1-18-12(17)4-5-15-7-11(16)14-9-3-2-8(13)6-10(9)15/h2-3,6H,4-5,7H2,1H3,(H,14,16). The highest BCUT2D eigenvalue weighted by Gasteiger charge is 2.22. The van der Waals surface area contributed by atoms with Gasteiger partial charge in [-0.3, -0.25) is 9.59 Å². The number of ether oxygens (including phenoxy) is 1. The number of methoxy groups -OCH3 is 1. The molecule has 5 nitrogen and oxygen atoms in total. The smallest absolute Gasteiger partial charge is 0.307 e. The summed E-state index contributed by atoms with van der Waals surface area (Å²) in [7, 11) is 1.36. The maximum atomic E-state index is 11.6. The van der Waals surface area contributed by atoms with Gasteiger partial charge in [-0.1, -0.05) is 15.9 Å². The van der Waals surface area contributed by atoms with Gasteiger partial charge in [0.2, 0.25) is 5.91 Å². The van der Waals surface area contributed by atoms with Crippen LogP contribution in [0.5, 0.6) is 0 Å². The van der Waals surface area contributed by atoms with Crippen LogP contribution in [-0.4, -0.2) is 32.1 Å². The van der Waals surface area contributed by atoms with E-state index >= 15 is 0 Å². The van der Waals surface area contributed by atoms with Crippen LogP contribution in [0.15, 0.2) is 22.7 Å². The summed E-state index contributed by atoms with van der Waals surface area (Å²) in [5.74, 6) is -0.354. The summed E-state index contributed by atoms with van der Waals surface area (Å²) in [5.41, 5.74) is 1.67. The number of halogens is 1. The van der Waals surface area contributed by atoms with Crippen LogP contribution in [0.1, 0.15) is 6.42 Å². The Morgan fingerprint density at radius 3 is 3.06 bits per heavy atom. The van der Waals surface area contributed by atoms with Crippen molar-refractivity contribution in [1.29, 1.82) is 0 Å². The van der Waals surface area contributed by atoms with E-state index in [-0.39, 0.29) is 24.8 Å². The van der Waals surface area contributed by atoms with Crippen LogP contribution < -0.4 is 10.2 Å². The zero-order valence-electron chi connectivity index (χ0n) is 9.90. The maximum Gasteiger partial charge on any atom is 0.307 e. The Bertz CT molecular complexity index is 490. The lowest BCUT2D eigenvalue weighted by Crippen LogP contribution is -2.39. The molecule has 6 heteroatoms.